The minimum atomic E-state index is -3.63. The Kier molecular flexibility index (Phi) is 7.65. The summed E-state index contributed by atoms with van der Waals surface area (Å²) in [7, 11) is -3.63. The molecule has 1 amide bonds. The van der Waals surface area contributed by atoms with Crippen LogP contribution < -0.4 is 10.1 Å². The lowest BCUT2D eigenvalue weighted by Gasteiger charge is -2.21. The van der Waals surface area contributed by atoms with Gasteiger partial charge in [-0.1, -0.05) is 19.3 Å². The van der Waals surface area contributed by atoms with E-state index in [4.69, 9.17) is 4.74 Å². The molecule has 0 spiro atoms. The second kappa shape index (κ2) is 9.98. The Morgan fingerprint density at radius 3 is 2.57 bits per heavy atom. The normalized spacial score (nSPS) is 18.9. The Hall–Kier alpha value is -1.25. The number of amides is 1. The zero-order valence-corrected chi connectivity index (χ0v) is 18.1. The number of hydrogen-bond donors (Lipinski definition) is 1. The molecule has 156 valence electrons. The molecule has 0 unspecified atom stereocenters. The van der Waals surface area contributed by atoms with Gasteiger partial charge in [-0.3, -0.25) is 4.79 Å². The average molecular weight is 427 g/mol. The van der Waals surface area contributed by atoms with Crippen molar-refractivity contribution < 1.29 is 17.9 Å². The average Bonchev–Trinajstić information content (AvgIpc) is 3.24. The summed E-state index contributed by atoms with van der Waals surface area (Å²) in [6, 6.07) is 4.87. The summed E-state index contributed by atoms with van der Waals surface area (Å²) in [6.07, 6.45) is 7.89. The first-order valence-corrected chi connectivity index (χ1v) is 12.7. The Morgan fingerprint density at radius 1 is 1.18 bits per heavy atom. The number of nitrogens with zero attached hydrogens (tertiary/aromatic N) is 1. The van der Waals surface area contributed by atoms with E-state index in [0.29, 0.717) is 42.1 Å². The van der Waals surface area contributed by atoms with Gasteiger partial charge in [0, 0.05) is 24.0 Å². The summed E-state index contributed by atoms with van der Waals surface area (Å²) < 4.78 is 33.1. The zero-order valence-electron chi connectivity index (χ0n) is 16.5. The monoisotopic (exact) mass is 426 g/mol. The number of sulfonamides is 1. The molecule has 1 aliphatic heterocycles. The highest BCUT2D eigenvalue weighted by Gasteiger charge is 2.30. The lowest BCUT2D eigenvalue weighted by atomic mass is 10.0. The molecule has 1 heterocycles. The van der Waals surface area contributed by atoms with Gasteiger partial charge in [0.15, 0.2) is 0 Å². The standard InChI is InChI=1S/C20H30N2O4S2/c1-2-26-18-11-10-16(14-19(18)28(24,25)22-12-6-7-13-22)21-20(23)15-27-17-8-4-3-5-9-17/h10-11,14,17H,2-9,12-13,15H2,1H3,(H,21,23). The highest BCUT2D eigenvalue weighted by atomic mass is 32.2. The molecule has 1 saturated carbocycles. The second-order valence-electron chi connectivity index (χ2n) is 7.32. The zero-order chi connectivity index (χ0) is 20.0. The first-order valence-electron chi connectivity index (χ1n) is 10.2. The molecular weight excluding hydrogens is 396 g/mol. The molecule has 1 aliphatic carbocycles. The van der Waals surface area contributed by atoms with Gasteiger partial charge in [-0.05, 0) is 50.8 Å². The van der Waals surface area contributed by atoms with Crippen molar-refractivity contribution in [2.75, 3.05) is 30.8 Å². The quantitative estimate of drug-likeness (QED) is 0.683. The number of ether oxygens (including phenoxy) is 1. The molecule has 1 aromatic rings. The van der Waals surface area contributed by atoms with Crippen molar-refractivity contribution in [2.45, 2.75) is 62.0 Å². The van der Waals surface area contributed by atoms with E-state index >= 15 is 0 Å². The molecule has 0 atom stereocenters. The summed E-state index contributed by atoms with van der Waals surface area (Å²) in [5.74, 6) is 0.639. The van der Waals surface area contributed by atoms with Gasteiger partial charge in [0.1, 0.15) is 10.6 Å². The van der Waals surface area contributed by atoms with E-state index in [-0.39, 0.29) is 10.8 Å². The van der Waals surface area contributed by atoms with Gasteiger partial charge in [0.2, 0.25) is 15.9 Å². The molecular formula is C20H30N2O4S2. The Labute approximate surface area is 172 Å². The van der Waals surface area contributed by atoms with Crippen molar-refractivity contribution >= 4 is 33.4 Å². The number of rotatable bonds is 8. The number of hydrogen-bond acceptors (Lipinski definition) is 5. The third kappa shape index (κ3) is 5.42. The van der Waals surface area contributed by atoms with Gasteiger partial charge in [-0.15, -0.1) is 11.8 Å². The van der Waals surface area contributed by atoms with E-state index in [2.05, 4.69) is 5.32 Å². The Bertz CT molecular complexity index is 770. The minimum absolute atomic E-state index is 0.0933. The molecule has 2 fully saturated rings. The summed E-state index contributed by atoms with van der Waals surface area (Å²) in [6.45, 7) is 3.27. The lowest BCUT2D eigenvalue weighted by Crippen LogP contribution is -2.28. The first-order chi connectivity index (χ1) is 13.5. The highest BCUT2D eigenvalue weighted by molar-refractivity contribution is 8.00. The fourth-order valence-electron chi connectivity index (χ4n) is 3.75. The van der Waals surface area contributed by atoms with Crippen LogP contribution in [-0.4, -0.2) is 49.3 Å². The van der Waals surface area contributed by atoms with Crippen molar-refractivity contribution in [1.29, 1.82) is 0 Å². The van der Waals surface area contributed by atoms with Crippen LogP contribution in [0.2, 0.25) is 0 Å². The maximum atomic E-state index is 13.0. The van der Waals surface area contributed by atoms with Crippen molar-refractivity contribution in [1.82, 2.24) is 4.31 Å². The van der Waals surface area contributed by atoms with Crippen LogP contribution in [0, 0.1) is 0 Å². The van der Waals surface area contributed by atoms with E-state index in [9.17, 15) is 13.2 Å². The van der Waals surface area contributed by atoms with Gasteiger partial charge < -0.3 is 10.1 Å². The summed E-state index contributed by atoms with van der Waals surface area (Å²) in [5.41, 5.74) is 0.496. The second-order valence-corrected chi connectivity index (χ2v) is 10.5. The SMILES string of the molecule is CCOc1ccc(NC(=O)CSC2CCCCC2)cc1S(=O)(=O)N1CCCC1. The number of benzene rings is 1. The van der Waals surface area contributed by atoms with E-state index in [1.54, 1.807) is 23.9 Å². The van der Waals surface area contributed by atoms with Gasteiger partial charge in [-0.25, -0.2) is 8.42 Å². The molecule has 1 N–H and O–H groups in total. The fourth-order valence-corrected chi connectivity index (χ4v) is 6.55. The van der Waals surface area contributed by atoms with Gasteiger partial charge in [0.25, 0.3) is 0 Å². The van der Waals surface area contributed by atoms with Gasteiger partial charge in [-0.2, -0.15) is 4.31 Å². The molecule has 0 aromatic heterocycles. The maximum Gasteiger partial charge on any atom is 0.246 e. The van der Waals surface area contributed by atoms with Gasteiger partial charge in [0.05, 0.1) is 12.4 Å². The van der Waals surface area contributed by atoms with Crippen LogP contribution >= 0.6 is 11.8 Å². The number of carbonyl (C=O) groups excluding carboxylic acids is 1. The predicted octanol–water partition coefficient (Wildman–Crippen LogP) is 3.87. The smallest absolute Gasteiger partial charge is 0.246 e. The third-order valence-corrected chi connectivity index (χ3v) is 8.50. The van der Waals surface area contributed by atoms with Crippen LogP contribution in [0.15, 0.2) is 23.1 Å². The van der Waals surface area contributed by atoms with E-state index in [1.165, 1.54) is 42.5 Å². The molecule has 6 nitrogen and oxygen atoms in total. The Balaban J connectivity index is 1.70. The van der Waals surface area contributed by atoms with Crippen LogP contribution in [-0.2, 0) is 14.8 Å². The van der Waals surface area contributed by atoms with E-state index in [0.717, 1.165) is 12.8 Å². The lowest BCUT2D eigenvalue weighted by molar-refractivity contribution is -0.113. The van der Waals surface area contributed by atoms with Crippen LogP contribution in [0.5, 0.6) is 5.75 Å². The fraction of sp³-hybridized carbons (Fsp3) is 0.650. The molecule has 2 aliphatic rings. The van der Waals surface area contributed by atoms with Crippen LogP contribution in [0.25, 0.3) is 0 Å². The molecule has 1 aromatic carbocycles. The van der Waals surface area contributed by atoms with Crippen molar-refractivity contribution in [2.24, 2.45) is 0 Å². The third-order valence-electron chi connectivity index (χ3n) is 5.21. The number of thioether (sulfide) groups is 1. The largest absolute Gasteiger partial charge is 0.492 e. The van der Waals surface area contributed by atoms with E-state index in [1.807, 2.05) is 6.92 Å². The summed E-state index contributed by atoms with van der Waals surface area (Å²) >= 11 is 1.70. The van der Waals surface area contributed by atoms with Crippen molar-refractivity contribution in [3.05, 3.63) is 18.2 Å². The van der Waals surface area contributed by atoms with Gasteiger partial charge >= 0.3 is 0 Å². The Morgan fingerprint density at radius 2 is 1.89 bits per heavy atom. The highest BCUT2D eigenvalue weighted by Crippen LogP contribution is 2.32. The molecule has 0 bridgehead atoms. The minimum Gasteiger partial charge on any atom is -0.492 e. The molecule has 28 heavy (non-hydrogen) atoms. The van der Waals surface area contributed by atoms with Crippen molar-refractivity contribution in [3.63, 3.8) is 0 Å². The summed E-state index contributed by atoms with van der Waals surface area (Å²) in [4.78, 5) is 12.5. The number of nitrogens with one attached hydrogen (secondary N) is 1. The summed E-state index contributed by atoms with van der Waals surface area (Å²) in [5, 5.41) is 3.42. The number of anilines is 1. The first kappa shape index (κ1) is 21.5. The molecule has 1 saturated heterocycles. The van der Waals surface area contributed by atoms with Crippen LogP contribution in [0.3, 0.4) is 0 Å². The van der Waals surface area contributed by atoms with Crippen LogP contribution in [0.4, 0.5) is 5.69 Å². The van der Waals surface area contributed by atoms with Crippen LogP contribution in [0.1, 0.15) is 51.9 Å². The molecule has 8 heteroatoms. The maximum absolute atomic E-state index is 13.0. The topological polar surface area (TPSA) is 75.7 Å². The molecule has 0 radical (unpaired) electrons. The van der Waals surface area contributed by atoms with E-state index < -0.39 is 10.0 Å². The molecule has 3 rings (SSSR count). The predicted molar refractivity (Wildman–Crippen MR) is 114 cm³/mol. The number of carbonyl (C=O) groups is 1. The van der Waals surface area contributed by atoms with Crippen molar-refractivity contribution in [3.8, 4) is 5.75 Å².